The van der Waals surface area contributed by atoms with E-state index in [-0.39, 0.29) is 6.04 Å². The average Bonchev–Trinajstić information content (AvgIpc) is 2.43. The summed E-state index contributed by atoms with van der Waals surface area (Å²) in [7, 11) is 3.67. The molecule has 0 saturated carbocycles. The lowest BCUT2D eigenvalue weighted by Crippen LogP contribution is -2.18. The van der Waals surface area contributed by atoms with Crippen LogP contribution in [0.4, 0.5) is 0 Å². The van der Waals surface area contributed by atoms with Crippen molar-refractivity contribution < 1.29 is 4.74 Å². The van der Waals surface area contributed by atoms with Gasteiger partial charge in [-0.2, -0.15) is 0 Å². The molecule has 1 atom stereocenters. The van der Waals surface area contributed by atoms with Crippen LogP contribution in [0, 0.1) is 6.92 Å². The standard InChI is InChI=1S/C16H18BrNO/c1-11-4-6-12(7-5-11)16(18-2)14-9-8-13(17)10-15(14)19-3/h4-10,16,18H,1-3H3. The average molecular weight is 320 g/mol. The number of nitrogens with one attached hydrogen (secondary N) is 1. The van der Waals surface area contributed by atoms with Gasteiger partial charge in [0.05, 0.1) is 13.2 Å². The van der Waals surface area contributed by atoms with Gasteiger partial charge in [-0.3, -0.25) is 0 Å². The number of hydrogen-bond acceptors (Lipinski definition) is 2. The number of methoxy groups -OCH3 is 1. The van der Waals surface area contributed by atoms with Crippen LogP contribution in [0.1, 0.15) is 22.7 Å². The van der Waals surface area contributed by atoms with Crippen molar-refractivity contribution in [1.82, 2.24) is 5.32 Å². The van der Waals surface area contributed by atoms with Gasteiger partial charge in [0.15, 0.2) is 0 Å². The third-order valence-corrected chi connectivity index (χ3v) is 3.70. The van der Waals surface area contributed by atoms with Gasteiger partial charge in [0.2, 0.25) is 0 Å². The molecule has 0 saturated heterocycles. The van der Waals surface area contributed by atoms with E-state index in [9.17, 15) is 0 Å². The molecule has 1 unspecified atom stereocenters. The van der Waals surface area contributed by atoms with Crippen molar-refractivity contribution in [1.29, 1.82) is 0 Å². The van der Waals surface area contributed by atoms with Crippen LogP contribution in [0.3, 0.4) is 0 Å². The fourth-order valence-corrected chi connectivity index (χ4v) is 2.52. The molecule has 2 rings (SSSR count). The monoisotopic (exact) mass is 319 g/mol. The van der Waals surface area contributed by atoms with E-state index in [0.29, 0.717) is 0 Å². The van der Waals surface area contributed by atoms with Crippen molar-refractivity contribution in [3.63, 3.8) is 0 Å². The number of ether oxygens (including phenoxy) is 1. The molecule has 0 heterocycles. The summed E-state index contributed by atoms with van der Waals surface area (Å²) in [5.41, 5.74) is 3.63. The number of halogens is 1. The van der Waals surface area contributed by atoms with Gasteiger partial charge >= 0.3 is 0 Å². The SMILES string of the molecule is CNC(c1ccc(C)cc1)c1ccc(Br)cc1OC. The molecule has 0 aliphatic carbocycles. The number of aryl methyl sites for hydroxylation is 1. The predicted molar refractivity (Wildman–Crippen MR) is 82.8 cm³/mol. The fraction of sp³-hybridized carbons (Fsp3) is 0.250. The zero-order valence-corrected chi connectivity index (χ0v) is 13.0. The van der Waals surface area contributed by atoms with E-state index < -0.39 is 0 Å². The summed E-state index contributed by atoms with van der Waals surface area (Å²) in [5, 5.41) is 3.35. The van der Waals surface area contributed by atoms with Gasteiger partial charge in [-0.05, 0) is 31.7 Å². The maximum absolute atomic E-state index is 5.48. The van der Waals surface area contributed by atoms with E-state index in [1.54, 1.807) is 7.11 Å². The molecule has 1 N–H and O–H groups in total. The molecule has 0 bridgehead atoms. The Bertz CT molecular complexity index is 551. The minimum Gasteiger partial charge on any atom is -0.496 e. The second kappa shape index (κ2) is 6.22. The molecule has 0 fully saturated rings. The van der Waals surface area contributed by atoms with Gasteiger partial charge in [0.1, 0.15) is 5.75 Å². The van der Waals surface area contributed by atoms with Gasteiger partial charge < -0.3 is 10.1 Å². The van der Waals surface area contributed by atoms with Crippen LogP contribution >= 0.6 is 15.9 Å². The first-order valence-corrected chi connectivity index (χ1v) is 7.02. The second-order valence-corrected chi connectivity index (χ2v) is 5.43. The van der Waals surface area contributed by atoms with Crippen LogP contribution in [0.15, 0.2) is 46.9 Å². The van der Waals surface area contributed by atoms with Gasteiger partial charge in [0.25, 0.3) is 0 Å². The highest BCUT2D eigenvalue weighted by Crippen LogP contribution is 2.32. The van der Waals surface area contributed by atoms with Crippen LogP contribution < -0.4 is 10.1 Å². The van der Waals surface area contributed by atoms with E-state index in [4.69, 9.17) is 4.74 Å². The molecule has 2 aromatic carbocycles. The van der Waals surface area contributed by atoms with E-state index in [0.717, 1.165) is 15.8 Å². The summed E-state index contributed by atoms with van der Waals surface area (Å²) >= 11 is 3.47. The quantitative estimate of drug-likeness (QED) is 0.917. The molecule has 3 heteroatoms. The second-order valence-electron chi connectivity index (χ2n) is 4.52. The molecule has 0 spiro atoms. The summed E-state index contributed by atoms with van der Waals surface area (Å²) in [6, 6.07) is 14.8. The minimum atomic E-state index is 0.128. The van der Waals surface area contributed by atoms with Crippen LogP contribution in [-0.2, 0) is 0 Å². The maximum Gasteiger partial charge on any atom is 0.125 e. The van der Waals surface area contributed by atoms with Gasteiger partial charge in [-0.1, -0.05) is 51.8 Å². The van der Waals surface area contributed by atoms with E-state index in [1.807, 2.05) is 19.2 Å². The summed E-state index contributed by atoms with van der Waals surface area (Å²) in [5.74, 6) is 0.884. The predicted octanol–water partition coefficient (Wildman–Crippen LogP) is 4.07. The number of hydrogen-bond donors (Lipinski definition) is 1. The Morgan fingerprint density at radius 1 is 1.11 bits per heavy atom. The van der Waals surface area contributed by atoms with Crippen LogP contribution in [0.2, 0.25) is 0 Å². The summed E-state index contributed by atoms with van der Waals surface area (Å²) in [4.78, 5) is 0. The van der Waals surface area contributed by atoms with Crippen molar-refractivity contribution in [2.24, 2.45) is 0 Å². The Kier molecular flexibility index (Phi) is 4.61. The van der Waals surface area contributed by atoms with E-state index >= 15 is 0 Å². The molecule has 100 valence electrons. The summed E-state index contributed by atoms with van der Waals surface area (Å²) < 4.78 is 6.50. The topological polar surface area (TPSA) is 21.3 Å². The zero-order chi connectivity index (χ0) is 13.8. The molecule has 0 radical (unpaired) electrons. The first-order valence-electron chi connectivity index (χ1n) is 6.23. The largest absolute Gasteiger partial charge is 0.496 e. The van der Waals surface area contributed by atoms with Crippen molar-refractivity contribution in [3.05, 3.63) is 63.6 Å². The lowest BCUT2D eigenvalue weighted by atomic mass is 9.97. The summed E-state index contributed by atoms with van der Waals surface area (Å²) in [6.45, 7) is 2.10. The lowest BCUT2D eigenvalue weighted by Gasteiger charge is -2.20. The highest BCUT2D eigenvalue weighted by Gasteiger charge is 2.16. The molecule has 0 amide bonds. The Labute approximate surface area is 122 Å². The smallest absolute Gasteiger partial charge is 0.125 e. The Morgan fingerprint density at radius 3 is 2.37 bits per heavy atom. The first-order chi connectivity index (χ1) is 9.15. The molecule has 0 aliphatic rings. The molecule has 0 aliphatic heterocycles. The molecule has 2 nitrogen and oxygen atoms in total. The maximum atomic E-state index is 5.48. The van der Waals surface area contributed by atoms with Crippen LogP contribution in [-0.4, -0.2) is 14.2 Å². The molecule has 0 aromatic heterocycles. The van der Waals surface area contributed by atoms with Crippen LogP contribution in [0.25, 0.3) is 0 Å². The zero-order valence-electron chi connectivity index (χ0n) is 11.4. The first kappa shape index (κ1) is 14.1. The highest BCUT2D eigenvalue weighted by molar-refractivity contribution is 9.10. The molecule has 2 aromatic rings. The van der Waals surface area contributed by atoms with Gasteiger partial charge in [-0.15, -0.1) is 0 Å². The highest BCUT2D eigenvalue weighted by atomic mass is 79.9. The number of benzene rings is 2. The number of rotatable bonds is 4. The van der Waals surface area contributed by atoms with Crippen molar-refractivity contribution in [2.45, 2.75) is 13.0 Å². The lowest BCUT2D eigenvalue weighted by molar-refractivity contribution is 0.405. The summed E-state index contributed by atoms with van der Waals surface area (Å²) in [6.07, 6.45) is 0. The van der Waals surface area contributed by atoms with Crippen molar-refractivity contribution in [3.8, 4) is 5.75 Å². The molecular weight excluding hydrogens is 302 g/mol. The molecule has 19 heavy (non-hydrogen) atoms. The van der Waals surface area contributed by atoms with E-state index in [2.05, 4.69) is 58.5 Å². The van der Waals surface area contributed by atoms with E-state index in [1.165, 1.54) is 11.1 Å². The van der Waals surface area contributed by atoms with Gasteiger partial charge in [0, 0.05) is 10.0 Å². The van der Waals surface area contributed by atoms with Crippen molar-refractivity contribution >= 4 is 15.9 Å². The van der Waals surface area contributed by atoms with Crippen molar-refractivity contribution in [2.75, 3.05) is 14.2 Å². The normalized spacial score (nSPS) is 12.2. The van der Waals surface area contributed by atoms with Crippen LogP contribution in [0.5, 0.6) is 5.75 Å². The molecular formula is C16H18BrNO. The Balaban J connectivity index is 2.44. The fourth-order valence-electron chi connectivity index (χ4n) is 2.18. The third-order valence-electron chi connectivity index (χ3n) is 3.21. The minimum absolute atomic E-state index is 0.128. The Hall–Kier alpha value is -1.32. The Morgan fingerprint density at radius 2 is 1.79 bits per heavy atom. The van der Waals surface area contributed by atoms with Gasteiger partial charge in [-0.25, -0.2) is 0 Å². The third kappa shape index (κ3) is 3.17.